The van der Waals surface area contributed by atoms with Gasteiger partial charge in [-0.25, -0.2) is 5.84 Å². The largest absolute Gasteiger partial charge is 0.464 e. The molecule has 0 aliphatic heterocycles. The van der Waals surface area contributed by atoms with E-state index in [1.807, 2.05) is 6.92 Å². The smallest absolute Gasteiger partial charge is 0.323 e. The monoisotopic (exact) mass is 252 g/mol. The maximum Gasteiger partial charge on any atom is 0.323 e. The summed E-state index contributed by atoms with van der Waals surface area (Å²) in [6, 6.07) is 0.283. The molecule has 1 aromatic heterocycles. The lowest BCUT2D eigenvalue weighted by molar-refractivity contribution is 0.312. The van der Waals surface area contributed by atoms with Crippen molar-refractivity contribution < 1.29 is 4.74 Å². The van der Waals surface area contributed by atoms with Crippen LogP contribution in [0.2, 0.25) is 0 Å². The lowest BCUT2D eigenvalue weighted by Crippen LogP contribution is -2.15. The van der Waals surface area contributed by atoms with Crippen molar-refractivity contribution in [2.75, 3.05) is 23.9 Å². The Hall–Kier alpha value is -1.63. The summed E-state index contributed by atoms with van der Waals surface area (Å²) in [5, 5.41) is 3.16. The van der Waals surface area contributed by atoms with Gasteiger partial charge in [0.15, 0.2) is 0 Å². The van der Waals surface area contributed by atoms with E-state index in [0.717, 1.165) is 18.9 Å². The summed E-state index contributed by atoms with van der Waals surface area (Å²) in [7, 11) is 0. The number of rotatable bonds is 8. The Kier molecular flexibility index (Phi) is 4.52. The van der Waals surface area contributed by atoms with E-state index < -0.39 is 0 Å². The van der Waals surface area contributed by atoms with Crippen molar-refractivity contribution in [3.05, 3.63) is 0 Å². The fourth-order valence-electron chi connectivity index (χ4n) is 1.69. The molecule has 0 radical (unpaired) electrons. The number of nitrogens with two attached hydrogens (primary N) is 1. The fraction of sp³-hybridized carbons (Fsp3) is 0.727. The van der Waals surface area contributed by atoms with Crippen molar-refractivity contribution in [2.24, 2.45) is 11.8 Å². The molecule has 0 atom stereocenters. The highest BCUT2D eigenvalue weighted by molar-refractivity contribution is 5.34. The van der Waals surface area contributed by atoms with Gasteiger partial charge >= 0.3 is 6.01 Å². The normalized spacial score (nSPS) is 14.3. The van der Waals surface area contributed by atoms with Gasteiger partial charge in [0.1, 0.15) is 0 Å². The molecule has 0 bridgehead atoms. The van der Waals surface area contributed by atoms with Gasteiger partial charge in [0, 0.05) is 6.54 Å². The number of hydrogen-bond donors (Lipinski definition) is 3. The Labute approximate surface area is 107 Å². The first-order valence-electron chi connectivity index (χ1n) is 6.41. The van der Waals surface area contributed by atoms with Crippen LogP contribution in [0.5, 0.6) is 6.01 Å². The van der Waals surface area contributed by atoms with Crippen LogP contribution in [-0.4, -0.2) is 28.1 Å². The molecule has 1 aliphatic rings. The van der Waals surface area contributed by atoms with Gasteiger partial charge in [0.05, 0.1) is 6.61 Å². The molecule has 0 spiro atoms. The highest BCUT2D eigenvalue weighted by Gasteiger charge is 2.20. The van der Waals surface area contributed by atoms with Crippen LogP contribution >= 0.6 is 0 Å². The van der Waals surface area contributed by atoms with Gasteiger partial charge in [0.25, 0.3) is 0 Å². The Morgan fingerprint density at radius 2 is 2.06 bits per heavy atom. The summed E-state index contributed by atoms with van der Waals surface area (Å²) in [5.41, 5.74) is 2.40. The van der Waals surface area contributed by atoms with Gasteiger partial charge in [-0.1, -0.05) is 12.8 Å². The molecule has 100 valence electrons. The first-order valence-corrected chi connectivity index (χ1v) is 6.41. The van der Waals surface area contributed by atoms with Crippen LogP contribution in [0.4, 0.5) is 11.9 Å². The summed E-state index contributed by atoms with van der Waals surface area (Å²) in [6.45, 7) is 3.24. The van der Waals surface area contributed by atoms with Crippen LogP contribution < -0.4 is 21.3 Å². The van der Waals surface area contributed by atoms with Crippen LogP contribution in [0.25, 0.3) is 0 Å². The maximum atomic E-state index is 5.30. The highest BCUT2D eigenvalue weighted by Crippen LogP contribution is 2.33. The summed E-state index contributed by atoms with van der Waals surface area (Å²) in [6.07, 6.45) is 5.19. The number of hydrogen-bond acceptors (Lipinski definition) is 7. The molecule has 4 N–H and O–H groups in total. The molecule has 7 heteroatoms. The van der Waals surface area contributed by atoms with Gasteiger partial charge in [-0.05, 0) is 25.7 Å². The molecule has 1 aromatic rings. The zero-order chi connectivity index (χ0) is 12.8. The standard InChI is InChI=1S/C11H20N6O/c1-2-18-11-15-9(14-10(16-11)17-12)13-7-3-4-8-5-6-8/h8H,2-7,12H2,1H3,(H2,13,14,15,16,17). The lowest BCUT2D eigenvalue weighted by Gasteiger charge is -2.08. The summed E-state index contributed by atoms with van der Waals surface area (Å²) in [4.78, 5) is 12.3. The lowest BCUT2D eigenvalue weighted by atomic mass is 10.2. The van der Waals surface area contributed by atoms with Gasteiger partial charge in [0.2, 0.25) is 11.9 Å². The summed E-state index contributed by atoms with van der Waals surface area (Å²) >= 11 is 0. The van der Waals surface area contributed by atoms with E-state index in [0.29, 0.717) is 18.5 Å². The second kappa shape index (κ2) is 6.34. The second-order valence-electron chi connectivity index (χ2n) is 4.35. The molecule has 2 rings (SSSR count). The third-order valence-corrected chi connectivity index (χ3v) is 2.79. The molecule has 18 heavy (non-hydrogen) atoms. The van der Waals surface area contributed by atoms with Gasteiger partial charge in [-0.3, -0.25) is 5.43 Å². The average molecular weight is 252 g/mol. The van der Waals surface area contributed by atoms with Crippen LogP contribution in [0.3, 0.4) is 0 Å². The molecule has 1 heterocycles. The van der Waals surface area contributed by atoms with E-state index in [9.17, 15) is 0 Å². The molecule has 1 fully saturated rings. The van der Waals surface area contributed by atoms with E-state index >= 15 is 0 Å². The first kappa shape index (κ1) is 12.8. The number of nitrogen functional groups attached to an aromatic ring is 1. The predicted molar refractivity (Wildman–Crippen MR) is 69.3 cm³/mol. The molecule has 1 saturated carbocycles. The Bertz CT molecular complexity index is 382. The predicted octanol–water partition coefficient (Wildman–Crippen LogP) is 1.16. The van der Waals surface area contributed by atoms with Crippen LogP contribution in [-0.2, 0) is 0 Å². The van der Waals surface area contributed by atoms with Crippen molar-refractivity contribution in [3.63, 3.8) is 0 Å². The minimum absolute atomic E-state index is 0.283. The quantitative estimate of drug-likeness (QED) is 0.363. The number of aromatic nitrogens is 3. The molecular formula is C11H20N6O. The van der Waals surface area contributed by atoms with Gasteiger partial charge in [-0.2, -0.15) is 15.0 Å². The van der Waals surface area contributed by atoms with E-state index in [4.69, 9.17) is 10.6 Å². The second-order valence-corrected chi connectivity index (χ2v) is 4.35. The molecule has 0 aromatic carbocycles. The molecule has 0 amide bonds. The minimum Gasteiger partial charge on any atom is -0.464 e. The third kappa shape index (κ3) is 3.99. The van der Waals surface area contributed by atoms with Crippen LogP contribution in [0.1, 0.15) is 32.6 Å². The van der Waals surface area contributed by atoms with E-state index in [1.165, 1.54) is 19.3 Å². The third-order valence-electron chi connectivity index (χ3n) is 2.79. The first-order chi connectivity index (χ1) is 8.81. The minimum atomic E-state index is 0.283. The zero-order valence-electron chi connectivity index (χ0n) is 10.6. The molecule has 7 nitrogen and oxygen atoms in total. The van der Waals surface area contributed by atoms with Gasteiger partial charge in [-0.15, -0.1) is 0 Å². The summed E-state index contributed by atoms with van der Waals surface area (Å²) < 4.78 is 5.25. The number of hydrazine groups is 1. The van der Waals surface area contributed by atoms with E-state index in [2.05, 4.69) is 25.7 Å². The van der Waals surface area contributed by atoms with Crippen LogP contribution in [0, 0.1) is 5.92 Å². The van der Waals surface area contributed by atoms with Crippen molar-refractivity contribution in [3.8, 4) is 6.01 Å². The van der Waals surface area contributed by atoms with Crippen molar-refractivity contribution >= 4 is 11.9 Å². The fourth-order valence-corrected chi connectivity index (χ4v) is 1.69. The maximum absolute atomic E-state index is 5.30. The van der Waals surface area contributed by atoms with Crippen molar-refractivity contribution in [2.45, 2.75) is 32.6 Å². The van der Waals surface area contributed by atoms with Crippen LogP contribution in [0.15, 0.2) is 0 Å². The number of anilines is 2. The topological polar surface area (TPSA) is 98.0 Å². The number of nitrogens with one attached hydrogen (secondary N) is 2. The molecular weight excluding hydrogens is 232 g/mol. The Morgan fingerprint density at radius 3 is 2.72 bits per heavy atom. The molecule has 1 aliphatic carbocycles. The SMILES string of the molecule is CCOc1nc(NN)nc(NCCCC2CC2)n1. The van der Waals surface area contributed by atoms with Crippen molar-refractivity contribution in [1.82, 2.24) is 15.0 Å². The summed E-state index contributed by atoms with van der Waals surface area (Å²) in [5.74, 6) is 7.05. The van der Waals surface area contributed by atoms with Crippen molar-refractivity contribution in [1.29, 1.82) is 0 Å². The number of ether oxygens (including phenoxy) is 1. The van der Waals surface area contributed by atoms with E-state index in [-0.39, 0.29) is 6.01 Å². The zero-order valence-corrected chi connectivity index (χ0v) is 10.6. The molecule has 0 saturated heterocycles. The van der Waals surface area contributed by atoms with E-state index in [1.54, 1.807) is 0 Å². The Balaban J connectivity index is 1.85. The Morgan fingerprint density at radius 1 is 1.28 bits per heavy atom. The van der Waals surface area contributed by atoms with Gasteiger partial charge < -0.3 is 10.1 Å². The molecule has 0 unspecified atom stereocenters. The number of nitrogens with zero attached hydrogens (tertiary/aromatic N) is 3. The average Bonchev–Trinajstić information content (AvgIpc) is 3.19. The highest BCUT2D eigenvalue weighted by atomic mass is 16.5.